The van der Waals surface area contributed by atoms with E-state index in [0.717, 1.165) is 0 Å². The van der Waals surface area contributed by atoms with Gasteiger partial charge in [-0.3, -0.25) is 0 Å². The Balaban J connectivity index is 0. The fraction of sp³-hybridized carbons (Fsp3) is 1.00. The largest absolute Gasteiger partial charge is 0.412 e. The zero-order chi connectivity index (χ0) is 15.6. The molecule has 0 atom stereocenters. The third-order valence-electron chi connectivity index (χ3n) is 4.48. The molecular weight excluding hydrogens is 270 g/mol. The first-order chi connectivity index (χ1) is 10.3. The maximum absolute atomic E-state index is 2.71. The summed E-state index contributed by atoms with van der Waals surface area (Å²) in [7, 11) is 0. The second kappa shape index (κ2) is 20.9. The van der Waals surface area contributed by atoms with Crippen molar-refractivity contribution in [1.29, 1.82) is 0 Å². The van der Waals surface area contributed by atoms with Gasteiger partial charge in [0, 0.05) is 0 Å². The van der Waals surface area contributed by atoms with Crippen LogP contribution >= 0.6 is 0 Å². The summed E-state index contributed by atoms with van der Waals surface area (Å²) in [5, 5.41) is 0. The minimum absolute atomic E-state index is 0. The van der Waals surface area contributed by atoms with Crippen molar-refractivity contribution in [2.45, 2.75) is 111 Å². The van der Waals surface area contributed by atoms with Crippen LogP contribution in [0.1, 0.15) is 111 Å². The van der Waals surface area contributed by atoms with Crippen molar-refractivity contribution in [3.05, 3.63) is 0 Å². The Bertz CT molecular complexity index is 177. The molecule has 0 amide bonds. The molecule has 0 bridgehead atoms. The van der Waals surface area contributed by atoms with E-state index in [0.29, 0.717) is 0 Å². The van der Waals surface area contributed by atoms with Crippen LogP contribution in [-0.2, 0) is 0 Å². The molecule has 0 aromatic heterocycles. The summed E-state index contributed by atoms with van der Waals surface area (Å²) in [6.07, 6.45) is 19.9. The second-order valence-corrected chi connectivity index (χ2v) is 6.73. The van der Waals surface area contributed by atoms with Crippen LogP contribution in [0.3, 0.4) is 0 Å². The Morgan fingerprint density at radius 3 is 1.14 bits per heavy atom. The predicted octanol–water partition coefficient (Wildman–Crippen LogP) is 5.98. The highest BCUT2D eigenvalue weighted by Crippen LogP contribution is 2.11. The first-order valence-corrected chi connectivity index (χ1v) is 10.1. The molecule has 0 rings (SSSR count). The van der Waals surface area contributed by atoms with Crippen molar-refractivity contribution in [2.75, 3.05) is 19.6 Å². The van der Waals surface area contributed by atoms with E-state index in [-0.39, 0.29) is 5.48 Å². The van der Waals surface area contributed by atoms with Crippen molar-refractivity contribution >= 4 is 0 Å². The summed E-state index contributed by atoms with van der Waals surface area (Å²) in [6, 6.07) is 0. The van der Waals surface area contributed by atoms with Gasteiger partial charge in [0.15, 0.2) is 0 Å². The smallest absolute Gasteiger partial charge is 0.00187 e. The molecule has 2 N–H and O–H groups in total. The lowest BCUT2D eigenvalue weighted by molar-refractivity contribution is 0.259. The Morgan fingerprint density at radius 2 is 0.727 bits per heavy atom. The van der Waals surface area contributed by atoms with Gasteiger partial charge in [-0.1, -0.05) is 91.4 Å². The molecule has 0 radical (unpaired) electrons. The molecule has 22 heavy (non-hydrogen) atoms. The topological polar surface area (TPSA) is 34.7 Å². The van der Waals surface area contributed by atoms with Gasteiger partial charge >= 0.3 is 0 Å². The SMILES string of the molecule is CCCCCCCCCCCCN(CCCC)CCCC.O. The third-order valence-corrected chi connectivity index (χ3v) is 4.48. The highest BCUT2D eigenvalue weighted by atomic mass is 16.0. The predicted molar refractivity (Wildman–Crippen MR) is 102 cm³/mol. The summed E-state index contributed by atoms with van der Waals surface area (Å²) in [5.74, 6) is 0. The lowest BCUT2D eigenvalue weighted by atomic mass is 10.1. The van der Waals surface area contributed by atoms with Gasteiger partial charge in [-0.2, -0.15) is 0 Å². The summed E-state index contributed by atoms with van der Waals surface area (Å²) in [4.78, 5) is 2.71. The van der Waals surface area contributed by atoms with E-state index in [1.165, 1.54) is 110 Å². The molecular formula is C20H45NO. The van der Waals surface area contributed by atoms with Crippen LogP contribution in [0.25, 0.3) is 0 Å². The molecule has 0 unspecified atom stereocenters. The fourth-order valence-corrected chi connectivity index (χ4v) is 2.92. The molecule has 0 fully saturated rings. The van der Waals surface area contributed by atoms with Crippen LogP contribution in [0.2, 0.25) is 0 Å². The summed E-state index contributed by atoms with van der Waals surface area (Å²) < 4.78 is 0. The van der Waals surface area contributed by atoms with Crippen LogP contribution in [0.5, 0.6) is 0 Å². The molecule has 2 nitrogen and oxygen atoms in total. The lowest BCUT2D eigenvalue weighted by Crippen LogP contribution is -2.27. The molecule has 0 saturated heterocycles. The van der Waals surface area contributed by atoms with Gasteiger partial charge in [0.2, 0.25) is 0 Å². The zero-order valence-corrected chi connectivity index (χ0v) is 16.0. The van der Waals surface area contributed by atoms with Crippen molar-refractivity contribution in [3.8, 4) is 0 Å². The van der Waals surface area contributed by atoms with E-state index in [9.17, 15) is 0 Å². The van der Waals surface area contributed by atoms with Crippen LogP contribution < -0.4 is 0 Å². The van der Waals surface area contributed by atoms with E-state index in [1.54, 1.807) is 0 Å². The van der Waals surface area contributed by atoms with Crippen molar-refractivity contribution in [3.63, 3.8) is 0 Å². The number of rotatable bonds is 17. The summed E-state index contributed by atoms with van der Waals surface area (Å²) >= 11 is 0. The molecule has 0 aliphatic carbocycles. The maximum Gasteiger partial charge on any atom is -0.00187 e. The molecule has 0 saturated carbocycles. The standard InChI is InChI=1S/C20H43N.H2O/c1-4-7-10-11-12-13-14-15-16-17-20-21(18-8-5-2)19-9-6-3;/h4-20H2,1-3H3;1H2. The molecule has 0 heterocycles. The molecule has 2 heteroatoms. The van der Waals surface area contributed by atoms with Crippen LogP contribution in [0.15, 0.2) is 0 Å². The summed E-state index contributed by atoms with van der Waals surface area (Å²) in [6.45, 7) is 10.9. The van der Waals surface area contributed by atoms with Gasteiger partial charge in [0.1, 0.15) is 0 Å². The van der Waals surface area contributed by atoms with Crippen LogP contribution in [0, 0.1) is 0 Å². The quantitative estimate of drug-likeness (QED) is 0.304. The maximum atomic E-state index is 2.71. The highest BCUT2D eigenvalue weighted by Gasteiger charge is 2.03. The van der Waals surface area contributed by atoms with E-state index in [4.69, 9.17) is 0 Å². The number of hydrogen-bond donors (Lipinski definition) is 0. The number of nitrogens with zero attached hydrogens (tertiary/aromatic N) is 1. The van der Waals surface area contributed by atoms with Crippen molar-refractivity contribution in [1.82, 2.24) is 4.90 Å². The molecule has 0 aliphatic heterocycles. The minimum atomic E-state index is 0. The first kappa shape index (κ1) is 24.2. The van der Waals surface area contributed by atoms with E-state index >= 15 is 0 Å². The van der Waals surface area contributed by atoms with Crippen molar-refractivity contribution < 1.29 is 5.48 Å². The van der Waals surface area contributed by atoms with Gasteiger partial charge in [-0.25, -0.2) is 0 Å². The van der Waals surface area contributed by atoms with Crippen molar-refractivity contribution in [2.24, 2.45) is 0 Å². The van der Waals surface area contributed by atoms with Gasteiger partial charge in [-0.15, -0.1) is 0 Å². The Kier molecular flexibility index (Phi) is 23.0. The normalized spacial score (nSPS) is 10.9. The first-order valence-electron chi connectivity index (χ1n) is 10.1. The Morgan fingerprint density at radius 1 is 0.409 bits per heavy atom. The number of unbranched alkanes of at least 4 members (excludes halogenated alkanes) is 11. The third kappa shape index (κ3) is 18.0. The molecule has 0 aromatic carbocycles. The zero-order valence-electron chi connectivity index (χ0n) is 16.0. The lowest BCUT2D eigenvalue weighted by Gasteiger charge is -2.21. The Labute approximate surface area is 141 Å². The van der Waals surface area contributed by atoms with Crippen LogP contribution in [-0.4, -0.2) is 30.0 Å². The molecule has 0 spiro atoms. The molecule has 136 valence electrons. The van der Waals surface area contributed by atoms with Gasteiger partial charge < -0.3 is 10.4 Å². The average molecular weight is 316 g/mol. The van der Waals surface area contributed by atoms with E-state index in [1.807, 2.05) is 0 Å². The summed E-state index contributed by atoms with van der Waals surface area (Å²) in [5.41, 5.74) is 0. The van der Waals surface area contributed by atoms with Crippen LogP contribution in [0.4, 0.5) is 0 Å². The molecule has 0 aromatic rings. The Hall–Kier alpha value is -0.0800. The number of hydrogen-bond acceptors (Lipinski definition) is 1. The molecule has 0 aliphatic rings. The highest BCUT2D eigenvalue weighted by molar-refractivity contribution is 4.58. The van der Waals surface area contributed by atoms with Gasteiger partial charge in [0.05, 0.1) is 0 Å². The fourth-order valence-electron chi connectivity index (χ4n) is 2.92. The minimum Gasteiger partial charge on any atom is -0.412 e. The van der Waals surface area contributed by atoms with Gasteiger partial charge in [-0.05, 0) is 38.9 Å². The second-order valence-electron chi connectivity index (χ2n) is 6.73. The van der Waals surface area contributed by atoms with E-state index in [2.05, 4.69) is 25.7 Å². The average Bonchev–Trinajstić information content (AvgIpc) is 2.51. The van der Waals surface area contributed by atoms with E-state index < -0.39 is 0 Å². The monoisotopic (exact) mass is 315 g/mol. The van der Waals surface area contributed by atoms with Gasteiger partial charge in [0.25, 0.3) is 0 Å².